The fourth-order valence-corrected chi connectivity index (χ4v) is 1.16. The van der Waals surface area contributed by atoms with Crippen LogP contribution in [0.3, 0.4) is 0 Å². The molecule has 0 aliphatic rings. The molecule has 3 N–H and O–H groups in total. The predicted octanol–water partition coefficient (Wildman–Crippen LogP) is -1.01. The summed E-state index contributed by atoms with van der Waals surface area (Å²) < 4.78 is 23.5. The van der Waals surface area contributed by atoms with Gasteiger partial charge in [0.1, 0.15) is 5.54 Å². The zero-order valence-electron chi connectivity index (χ0n) is 8.49. The Morgan fingerprint density at radius 3 is 2.21 bits per heavy atom. The molecule has 0 atom stereocenters. The lowest BCUT2D eigenvalue weighted by Gasteiger charge is -2.20. The summed E-state index contributed by atoms with van der Waals surface area (Å²) in [6, 6.07) is 0. The van der Waals surface area contributed by atoms with Crippen LogP contribution in [0.4, 0.5) is 0 Å². The number of carboxylic acids is 1. The van der Waals surface area contributed by atoms with Crippen LogP contribution < -0.4 is 10.0 Å². The molecule has 0 aliphatic carbocycles. The molecule has 14 heavy (non-hydrogen) atoms. The van der Waals surface area contributed by atoms with E-state index >= 15 is 0 Å². The van der Waals surface area contributed by atoms with E-state index in [1.165, 1.54) is 13.8 Å². The molecular formula is C7H16N2O4S. The first-order valence-electron chi connectivity index (χ1n) is 4.08. The molecule has 0 fully saturated rings. The van der Waals surface area contributed by atoms with Crippen LogP contribution in [0.15, 0.2) is 0 Å². The summed E-state index contributed by atoms with van der Waals surface area (Å²) in [6.45, 7) is 3.47. The number of nitrogens with one attached hydrogen (secondary N) is 2. The second-order valence-electron chi connectivity index (χ2n) is 3.52. The summed E-state index contributed by atoms with van der Waals surface area (Å²) in [5.74, 6) is -0.975. The number of sulfonamides is 1. The Morgan fingerprint density at radius 1 is 1.36 bits per heavy atom. The number of carboxylic acid groups (broad SMARTS) is 1. The maximum atomic E-state index is 10.6. The smallest absolute Gasteiger partial charge is 0.323 e. The largest absolute Gasteiger partial charge is 0.480 e. The monoisotopic (exact) mass is 224 g/mol. The summed E-state index contributed by atoms with van der Waals surface area (Å²) in [4.78, 5) is 10.6. The SMILES string of the molecule is CC(C)(NCCNS(C)(=O)=O)C(=O)O. The van der Waals surface area contributed by atoms with Gasteiger partial charge in [0, 0.05) is 13.1 Å². The highest BCUT2D eigenvalue weighted by Gasteiger charge is 2.25. The number of carbonyl (C=O) groups is 1. The van der Waals surface area contributed by atoms with Crippen LogP contribution >= 0.6 is 0 Å². The number of hydrogen-bond acceptors (Lipinski definition) is 4. The molecule has 0 aliphatic heterocycles. The first-order chi connectivity index (χ1) is 6.15. The normalized spacial score (nSPS) is 12.8. The molecule has 0 radical (unpaired) electrons. The van der Waals surface area contributed by atoms with Gasteiger partial charge >= 0.3 is 5.97 Å². The molecule has 0 amide bonds. The maximum absolute atomic E-state index is 10.6. The third-order valence-corrected chi connectivity index (χ3v) is 2.32. The minimum absolute atomic E-state index is 0.176. The van der Waals surface area contributed by atoms with Gasteiger partial charge in [-0.2, -0.15) is 0 Å². The molecule has 0 aromatic carbocycles. The Bertz CT molecular complexity index is 297. The fraction of sp³-hybridized carbons (Fsp3) is 0.857. The van der Waals surface area contributed by atoms with E-state index < -0.39 is 21.5 Å². The fourth-order valence-electron chi connectivity index (χ4n) is 0.687. The van der Waals surface area contributed by atoms with Gasteiger partial charge in [0.25, 0.3) is 0 Å². The Hall–Kier alpha value is -0.660. The van der Waals surface area contributed by atoms with E-state index in [9.17, 15) is 13.2 Å². The van der Waals surface area contributed by atoms with Crippen LogP contribution in [0.2, 0.25) is 0 Å². The molecule has 7 heteroatoms. The van der Waals surface area contributed by atoms with Crippen molar-refractivity contribution < 1.29 is 18.3 Å². The van der Waals surface area contributed by atoms with Crippen molar-refractivity contribution in [3.63, 3.8) is 0 Å². The molecule has 0 heterocycles. The van der Waals surface area contributed by atoms with E-state index in [-0.39, 0.29) is 13.1 Å². The van der Waals surface area contributed by atoms with E-state index in [1.54, 1.807) is 0 Å². The van der Waals surface area contributed by atoms with Crippen molar-refractivity contribution in [3.8, 4) is 0 Å². The van der Waals surface area contributed by atoms with Gasteiger partial charge < -0.3 is 10.4 Å². The second kappa shape index (κ2) is 4.72. The molecule has 0 spiro atoms. The minimum atomic E-state index is -3.20. The standard InChI is InChI=1S/C7H16N2O4S/c1-7(2,6(10)11)8-4-5-9-14(3,12)13/h8-9H,4-5H2,1-3H3,(H,10,11). The number of rotatable bonds is 6. The molecule has 84 valence electrons. The summed E-state index contributed by atoms with van der Waals surface area (Å²) in [7, 11) is -3.20. The van der Waals surface area contributed by atoms with Gasteiger partial charge in [0.15, 0.2) is 0 Å². The summed E-state index contributed by atoms with van der Waals surface area (Å²) in [5, 5.41) is 11.4. The van der Waals surface area contributed by atoms with Crippen LogP contribution in [-0.2, 0) is 14.8 Å². The Morgan fingerprint density at radius 2 is 1.86 bits per heavy atom. The van der Waals surface area contributed by atoms with Crippen LogP contribution in [0.5, 0.6) is 0 Å². The first-order valence-corrected chi connectivity index (χ1v) is 5.97. The summed E-state index contributed by atoms with van der Waals surface area (Å²) in [6.07, 6.45) is 1.05. The highest BCUT2D eigenvalue weighted by atomic mass is 32.2. The summed E-state index contributed by atoms with van der Waals surface area (Å²) >= 11 is 0. The van der Waals surface area contributed by atoms with Gasteiger partial charge in [-0.15, -0.1) is 0 Å². The van der Waals surface area contributed by atoms with E-state index in [1.807, 2.05) is 0 Å². The average Bonchev–Trinajstić information content (AvgIpc) is 1.96. The minimum Gasteiger partial charge on any atom is -0.480 e. The van der Waals surface area contributed by atoms with Crippen LogP contribution in [0.25, 0.3) is 0 Å². The van der Waals surface area contributed by atoms with Crippen molar-refractivity contribution in [2.75, 3.05) is 19.3 Å². The van der Waals surface area contributed by atoms with E-state index in [4.69, 9.17) is 5.11 Å². The Kier molecular flexibility index (Phi) is 4.50. The Balaban J connectivity index is 3.81. The molecule has 0 aromatic rings. The van der Waals surface area contributed by atoms with E-state index in [2.05, 4.69) is 10.0 Å². The number of hydrogen-bond donors (Lipinski definition) is 3. The zero-order valence-corrected chi connectivity index (χ0v) is 9.31. The number of aliphatic carboxylic acids is 1. The molecule has 0 unspecified atom stereocenters. The quantitative estimate of drug-likeness (QED) is 0.502. The van der Waals surface area contributed by atoms with Crippen molar-refractivity contribution in [2.45, 2.75) is 19.4 Å². The van der Waals surface area contributed by atoms with E-state index in [0.717, 1.165) is 6.26 Å². The van der Waals surface area contributed by atoms with Crippen molar-refractivity contribution in [3.05, 3.63) is 0 Å². The van der Waals surface area contributed by atoms with Crippen molar-refractivity contribution in [2.24, 2.45) is 0 Å². The van der Waals surface area contributed by atoms with Crippen LogP contribution in [0.1, 0.15) is 13.8 Å². The topological polar surface area (TPSA) is 95.5 Å². The highest BCUT2D eigenvalue weighted by molar-refractivity contribution is 7.88. The average molecular weight is 224 g/mol. The lowest BCUT2D eigenvalue weighted by molar-refractivity contribution is -0.143. The predicted molar refractivity (Wildman–Crippen MR) is 52.6 cm³/mol. The third kappa shape index (κ3) is 5.90. The molecule has 6 nitrogen and oxygen atoms in total. The lowest BCUT2D eigenvalue weighted by atomic mass is 10.1. The maximum Gasteiger partial charge on any atom is 0.323 e. The molecule has 0 saturated carbocycles. The highest BCUT2D eigenvalue weighted by Crippen LogP contribution is 1.99. The van der Waals surface area contributed by atoms with Crippen LogP contribution in [0, 0.1) is 0 Å². The Labute approximate surface area is 83.7 Å². The lowest BCUT2D eigenvalue weighted by Crippen LogP contribution is -2.49. The molecule has 0 aromatic heterocycles. The van der Waals surface area contributed by atoms with Crippen molar-refractivity contribution in [1.82, 2.24) is 10.0 Å². The van der Waals surface area contributed by atoms with Gasteiger partial charge in [-0.05, 0) is 13.8 Å². The van der Waals surface area contributed by atoms with Gasteiger partial charge in [-0.25, -0.2) is 13.1 Å². The van der Waals surface area contributed by atoms with E-state index in [0.29, 0.717) is 0 Å². The first kappa shape index (κ1) is 13.3. The molecule has 0 bridgehead atoms. The molecule has 0 saturated heterocycles. The summed E-state index contributed by atoms with van der Waals surface area (Å²) in [5.41, 5.74) is -1.04. The van der Waals surface area contributed by atoms with Crippen LogP contribution in [-0.4, -0.2) is 44.4 Å². The van der Waals surface area contributed by atoms with Gasteiger partial charge in [-0.1, -0.05) is 0 Å². The van der Waals surface area contributed by atoms with Gasteiger partial charge in [0.05, 0.1) is 6.26 Å². The van der Waals surface area contributed by atoms with Crippen molar-refractivity contribution >= 4 is 16.0 Å². The van der Waals surface area contributed by atoms with Crippen molar-refractivity contribution in [1.29, 1.82) is 0 Å². The molecular weight excluding hydrogens is 208 g/mol. The third-order valence-electron chi connectivity index (χ3n) is 1.59. The van der Waals surface area contributed by atoms with Gasteiger partial charge in [0.2, 0.25) is 10.0 Å². The molecule has 0 rings (SSSR count). The second-order valence-corrected chi connectivity index (χ2v) is 5.36. The zero-order chi connectivity index (χ0) is 11.4. The van der Waals surface area contributed by atoms with Gasteiger partial charge in [-0.3, -0.25) is 4.79 Å².